The third kappa shape index (κ3) is 4.81. The zero-order valence-electron chi connectivity index (χ0n) is 11.7. The van der Waals surface area contributed by atoms with Gasteiger partial charge in [-0.05, 0) is 24.8 Å². The van der Waals surface area contributed by atoms with Crippen molar-refractivity contribution in [3.8, 4) is 0 Å². The summed E-state index contributed by atoms with van der Waals surface area (Å²) < 4.78 is 0. The van der Waals surface area contributed by atoms with Crippen LogP contribution in [0.1, 0.15) is 47.5 Å². The standard InChI is InChI=1S/C13H30N2O/c1-6-11(14)12(13(3,4)5)15(7-2)9-8-10-16/h11-12,16H,6-10,14H2,1-5H3. The molecule has 3 nitrogen and oxygen atoms in total. The molecule has 0 rings (SSSR count). The lowest BCUT2D eigenvalue weighted by Crippen LogP contribution is -2.54. The Hall–Kier alpha value is -0.120. The number of nitrogens with zero attached hydrogens (tertiary/aromatic N) is 1. The molecule has 98 valence electrons. The highest BCUT2D eigenvalue weighted by Gasteiger charge is 2.33. The maximum absolute atomic E-state index is 8.93. The van der Waals surface area contributed by atoms with Gasteiger partial charge in [-0.25, -0.2) is 0 Å². The fraction of sp³-hybridized carbons (Fsp3) is 1.00. The fourth-order valence-corrected chi connectivity index (χ4v) is 2.45. The third-order valence-electron chi connectivity index (χ3n) is 3.17. The van der Waals surface area contributed by atoms with Crippen LogP contribution in [0.3, 0.4) is 0 Å². The van der Waals surface area contributed by atoms with Crippen molar-refractivity contribution in [2.75, 3.05) is 19.7 Å². The van der Waals surface area contributed by atoms with Gasteiger partial charge in [-0.1, -0.05) is 34.6 Å². The summed E-state index contributed by atoms with van der Waals surface area (Å²) in [6, 6.07) is 0.590. The maximum Gasteiger partial charge on any atom is 0.0443 e. The first-order valence-corrected chi connectivity index (χ1v) is 6.48. The number of likely N-dealkylation sites (N-methyl/N-ethyl adjacent to an activating group) is 1. The van der Waals surface area contributed by atoms with Gasteiger partial charge in [-0.2, -0.15) is 0 Å². The highest BCUT2D eigenvalue weighted by atomic mass is 16.3. The molecule has 0 radical (unpaired) electrons. The Morgan fingerprint density at radius 3 is 2.12 bits per heavy atom. The molecule has 3 heteroatoms. The normalized spacial score (nSPS) is 16.5. The molecule has 0 aromatic rings. The largest absolute Gasteiger partial charge is 0.396 e. The Kier molecular flexibility index (Phi) is 7.20. The molecular formula is C13H30N2O. The van der Waals surface area contributed by atoms with Crippen LogP contribution < -0.4 is 5.73 Å². The van der Waals surface area contributed by atoms with Crippen molar-refractivity contribution >= 4 is 0 Å². The minimum atomic E-state index is 0.181. The van der Waals surface area contributed by atoms with Crippen molar-refractivity contribution in [1.29, 1.82) is 0 Å². The topological polar surface area (TPSA) is 49.5 Å². The molecule has 16 heavy (non-hydrogen) atoms. The zero-order chi connectivity index (χ0) is 12.8. The molecule has 0 bridgehead atoms. The molecule has 2 unspecified atom stereocenters. The molecule has 2 atom stereocenters. The molecule has 0 heterocycles. The first-order chi connectivity index (χ1) is 7.38. The second-order valence-corrected chi connectivity index (χ2v) is 5.59. The summed E-state index contributed by atoms with van der Waals surface area (Å²) in [6.07, 6.45) is 1.83. The SMILES string of the molecule is CCC(N)C(N(CC)CCCO)C(C)(C)C. The zero-order valence-corrected chi connectivity index (χ0v) is 11.7. The van der Waals surface area contributed by atoms with E-state index in [-0.39, 0.29) is 18.1 Å². The van der Waals surface area contributed by atoms with Gasteiger partial charge in [0.1, 0.15) is 0 Å². The predicted molar refractivity (Wildman–Crippen MR) is 70.5 cm³/mol. The summed E-state index contributed by atoms with van der Waals surface area (Å²) in [5.74, 6) is 0. The molecule has 0 amide bonds. The van der Waals surface area contributed by atoms with Crippen LogP contribution >= 0.6 is 0 Å². The van der Waals surface area contributed by atoms with Gasteiger partial charge < -0.3 is 10.8 Å². The molecule has 0 fully saturated rings. The third-order valence-corrected chi connectivity index (χ3v) is 3.17. The number of hydrogen-bond acceptors (Lipinski definition) is 3. The van der Waals surface area contributed by atoms with Gasteiger partial charge in [0.15, 0.2) is 0 Å². The number of aliphatic hydroxyl groups is 1. The van der Waals surface area contributed by atoms with E-state index in [4.69, 9.17) is 10.8 Å². The summed E-state index contributed by atoms with van der Waals surface area (Å²) >= 11 is 0. The molecule has 3 N–H and O–H groups in total. The van der Waals surface area contributed by atoms with Crippen LogP contribution in [0, 0.1) is 5.41 Å². The van der Waals surface area contributed by atoms with Crippen molar-refractivity contribution in [3.63, 3.8) is 0 Å². The Morgan fingerprint density at radius 2 is 1.81 bits per heavy atom. The summed E-state index contributed by atoms with van der Waals surface area (Å²) in [5.41, 5.74) is 6.43. The van der Waals surface area contributed by atoms with E-state index in [2.05, 4.69) is 39.5 Å². The molecule has 0 aromatic heterocycles. The van der Waals surface area contributed by atoms with E-state index in [1.807, 2.05) is 0 Å². The lowest BCUT2D eigenvalue weighted by Gasteiger charge is -2.43. The quantitative estimate of drug-likeness (QED) is 0.701. The molecule has 0 aliphatic carbocycles. The van der Waals surface area contributed by atoms with Crippen LogP contribution in [0.5, 0.6) is 0 Å². The van der Waals surface area contributed by atoms with Gasteiger partial charge in [0.05, 0.1) is 0 Å². The smallest absolute Gasteiger partial charge is 0.0443 e. The second kappa shape index (κ2) is 7.25. The minimum absolute atomic E-state index is 0.181. The van der Waals surface area contributed by atoms with Gasteiger partial charge in [0.2, 0.25) is 0 Å². The Morgan fingerprint density at radius 1 is 1.25 bits per heavy atom. The Bertz CT molecular complexity index is 177. The first kappa shape index (κ1) is 15.9. The lowest BCUT2D eigenvalue weighted by molar-refractivity contribution is 0.0746. The monoisotopic (exact) mass is 230 g/mol. The van der Waals surface area contributed by atoms with Crippen LogP contribution in [-0.4, -0.2) is 41.8 Å². The maximum atomic E-state index is 8.93. The molecule has 0 saturated carbocycles. The second-order valence-electron chi connectivity index (χ2n) is 5.59. The summed E-state index contributed by atoms with van der Waals surface area (Å²) in [7, 11) is 0. The van der Waals surface area contributed by atoms with Crippen LogP contribution in [-0.2, 0) is 0 Å². The van der Waals surface area contributed by atoms with E-state index in [0.29, 0.717) is 6.04 Å². The molecule has 0 spiro atoms. The number of aliphatic hydroxyl groups excluding tert-OH is 1. The summed E-state index contributed by atoms with van der Waals surface area (Å²) in [5, 5.41) is 8.93. The van der Waals surface area contributed by atoms with Crippen LogP contribution in [0.2, 0.25) is 0 Å². The van der Waals surface area contributed by atoms with Gasteiger partial charge in [0, 0.05) is 25.2 Å². The van der Waals surface area contributed by atoms with Crippen molar-refractivity contribution in [2.24, 2.45) is 11.1 Å². The minimum Gasteiger partial charge on any atom is -0.396 e. The summed E-state index contributed by atoms with van der Waals surface area (Å²) in [6.45, 7) is 13.2. The molecule has 0 saturated heterocycles. The highest BCUT2D eigenvalue weighted by molar-refractivity contribution is 4.90. The van der Waals surface area contributed by atoms with Gasteiger partial charge in [-0.3, -0.25) is 4.90 Å². The van der Waals surface area contributed by atoms with Crippen molar-refractivity contribution < 1.29 is 5.11 Å². The number of hydrogen-bond donors (Lipinski definition) is 2. The number of nitrogens with two attached hydrogens (primary N) is 1. The van der Waals surface area contributed by atoms with Crippen LogP contribution in [0.25, 0.3) is 0 Å². The number of rotatable bonds is 7. The van der Waals surface area contributed by atoms with E-state index in [0.717, 1.165) is 25.9 Å². The van der Waals surface area contributed by atoms with Gasteiger partial charge in [-0.15, -0.1) is 0 Å². The average Bonchev–Trinajstić information content (AvgIpc) is 2.21. The van der Waals surface area contributed by atoms with E-state index in [1.54, 1.807) is 0 Å². The molecule has 0 aliphatic heterocycles. The predicted octanol–water partition coefficient (Wildman–Crippen LogP) is 1.84. The summed E-state index contributed by atoms with van der Waals surface area (Å²) in [4.78, 5) is 2.41. The van der Waals surface area contributed by atoms with Gasteiger partial charge in [0.25, 0.3) is 0 Å². The Labute approximate surface area is 101 Å². The molecular weight excluding hydrogens is 200 g/mol. The van der Waals surface area contributed by atoms with E-state index < -0.39 is 0 Å². The van der Waals surface area contributed by atoms with Crippen LogP contribution in [0.4, 0.5) is 0 Å². The van der Waals surface area contributed by atoms with Crippen molar-refractivity contribution in [1.82, 2.24) is 4.90 Å². The molecule has 0 aromatic carbocycles. The highest BCUT2D eigenvalue weighted by Crippen LogP contribution is 2.27. The lowest BCUT2D eigenvalue weighted by atomic mass is 9.80. The van der Waals surface area contributed by atoms with E-state index in [1.165, 1.54) is 0 Å². The fourth-order valence-electron chi connectivity index (χ4n) is 2.45. The Balaban J connectivity index is 4.70. The van der Waals surface area contributed by atoms with Crippen molar-refractivity contribution in [3.05, 3.63) is 0 Å². The average molecular weight is 230 g/mol. The van der Waals surface area contributed by atoms with Gasteiger partial charge >= 0.3 is 0 Å². The van der Waals surface area contributed by atoms with E-state index in [9.17, 15) is 0 Å². The van der Waals surface area contributed by atoms with Crippen LogP contribution in [0.15, 0.2) is 0 Å². The molecule has 0 aliphatic rings. The first-order valence-electron chi connectivity index (χ1n) is 6.48. The van der Waals surface area contributed by atoms with Crippen molar-refractivity contribution in [2.45, 2.75) is 59.5 Å². The van der Waals surface area contributed by atoms with E-state index >= 15 is 0 Å².